The average Bonchev–Trinajstić information content (AvgIpc) is 3.18. The number of nitrogens with zero attached hydrogens (tertiary/aromatic N) is 4. The summed E-state index contributed by atoms with van der Waals surface area (Å²) >= 11 is 1.72. The van der Waals surface area contributed by atoms with E-state index in [2.05, 4.69) is 62.4 Å². The van der Waals surface area contributed by atoms with Crippen LogP contribution in [0.4, 0.5) is 0 Å². The van der Waals surface area contributed by atoms with Gasteiger partial charge in [0.2, 0.25) is 0 Å². The number of fused-ring (bicyclic) bond motifs is 1. The van der Waals surface area contributed by atoms with Crippen molar-refractivity contribution in [2.24, 2.45) is 0 Å². The Morgan fingerprint density at radius 3 is 2.95 bits per heavy atom. The molecule has 0 unspecified atom stereocenters. The largest absolute Gasteiger partial charge is 0.291 e. The third-order valence-electron chi connectivity index (χ3n) is 4.14. The minimum absolute atomic E-state index is 0.277. The van der Waals surface area contributed by atoms with Gasteiger partial charge in [-0.1, -0.05) is 24.3 Å². The Morgan fingerprint density at radius 2 is 2.18 bits per heavy atom. The van der Waals surface area contributed by atoms with E-state index in [0.717, 1.165) is 24.6 Å². The fourth-order valence-electron chi connectivity index (χ4n) is 3.17. The van der Waals surface area contributed by atoms with Crippen LogP contribution >= 0.6 is 11.3 Å². The molecule has 0 bridgehead atoms. The van der Waals surface area contributed by atoms with Gasteiger partial charge >= 0.3 is 0 Å². The van der Waals surface area contributed by atoms with Crippen molar-refractivity contribution in [1.29, 1.82) is 0 Å². The number of hydrogen-bond acceptors (Lipinski definition) is 4. The molecule has 3 heterocycles. The lowest BCUT2D eigenvalue weighted by atomic mass is 9.95. The highest BCUT2D eigenvalue weighted by Crippen LogP contribution is 2.30. The van der Waals surface area contributed by atoms with Gasteiger partial charge in [-0.05, 0) is 24.1 Å². The molecule has 1 aromatic carbocycles. The summed E-state index contributed by atoms with van der Waals surface area (Å²) in [5, 5.41) is 7.76. The van der Waals surface area contributed by atoms with Crippen LogP contribution in [0.1, 0.15) is 27.9 Å². The maximum atomic E-state index is 4.60. The van der Waals surface area contributed by atoms with Crippen LogP contribution in [-0.4, -0.2) is 26.2 Å². The van der Waals surface area contributed by atoms with E-state index in [1.807, 2.05) is 12.3 Å². The zero-order valence-corrected chi connectivity index (χ0v) is 13.3. The molecule has 2 aromatic heterocycles. The van der Waals surface area contributed by atoms with Crippen molar-refractivity contribution in [1.82, 2.24) is 19.7 Å². The van der Waals surface area contributed by atoms with Gasteiger partial charge in [0, 0.05) is 37.4 Å². The van der Waals surface area contributed by atoms with Gasteiger partial charge in [0.15, 0.2) is 0 Å². The molecule has 0 saturated carbocycles. The van der Waals surface area contributed by atoms with Crippen molar-refractivity contribution in [3.8, 4) is 0 Å². The summed E-state index contributed by atoms with van der Waals surface area (Å²) in [6.45, 7) is 4.91. The molecule has 0 saturated heterocycles. The first-order chi connectivity index (χ1) is 10.8. The molecular weight excluding hydrogens is 292 g/mol. The number of benzene rings is 1. The number of aryl methyl sites for hydroxylation is 1. The lowest BCUT2D eigenvalue weighted by Gasteiger charge is -2.34. The van der Waals surface area contributed by atoms with Gasteiger partial charge < -0.3 is 0 Å². The molecule has 0 aliphatic carbocycles. The molecule has 4 nitrogen and oxygen atoms in total. The van der Waals surface area contributed by atoms with E-state index in [-0.39, 0.29) is 6.04 Å². The zero-order valence-electron chi connectivity index (χ0n) is 12.5. The Labute approximate surface area is 134 Å². The summed E-state index contributed by atoms with van der Waals surface area (Å²) in [7, 11) is 0. The molecule has 4 rings (SSSR count). The second-order valence-electron chi connectivity index (χ2n) is 5.73. The maximum Gasteiger partial charge on any atom is 0.0898 e. The molecule has 3 aromatic rings. The Kier molecular flexibility index (Phi) is 3.52. The molecule has 0 radical (unpaired) electrons. The Balaban J connectivity index is 1.64. The summed E-state index contributed by atoms with van der Waals surface area (Å²) in [5.41, 5.74) is 3.94. The van der Waals surface area contributed by atoms with Gasteiger partial charge in [-0.15, -0.1) is 11.3 Å². The van der Waals surface area contributed by atoms with Gasteiger partial charge in [-0.3, -0.25) is 9.58 Å². The molecule has 1 atom stereocenters. The molecule has 1 aliphatic heterocycles. The fourth-order valence-corrected chi connectivity index (χ4v) is 3.78. The van der Waals surface area contributed by atoms with Gasteiger partial charge in [0.1, 0.15) is 0 Å². The number of aromatic nitrogens is 3. The molecule has 0 fully saturated rings. The van der Waals surface area contributed by atoms with Crippen molar-refractivity contribution in [3.63, 3.8) is 0 Å². The first-order valence-electron chi connectivity index (χ1n) is 7.50. The molecule has 0 spiro atoms. The third kappa shape index (κ3) is 2.58. The van der Waals surface area contributed by atoms with Crippen molar-refractivity contribution in [2.45, 2.75) is 26.1 Å². The number of hydrogen-bond donors (Lipinski definition) is 0. The van der Waals surface area contributed by atoms with Gasteiger partial charge in [-0.25, -0.2) is 4.98 Å². The van der Waals surface area contributed by atoms with Crippen molar-refractivity contribution in [3.05, 3.63) is 69.9 Å². The van der Waals surface area contributed by atoms with Crippen LogP contribution in [0.25, 0.3) is 0 Å². The van der Waals surface area contributed by atoms with Crippen molar-refractivity contribution in [2.75, 3.05) is 6.54 Å². The van der Waals surface area contributed by atoms with Gasteiger partial charge in [0.25, 0.3) is 0 Å². The van der Waals surface area contributed by atoms with Crippen molar-refractivity contribution < 1.29 is 0 Å². The highest BCUT2D eigenvalue weighted by Gasteiger charge is 2.26. The lowest BCUT2D eigenvalue weighted by Crippen LogP contribution is -2.36. The second kappa shape index (κ2) is 5.66. The quantitative estimate of drug-likeness (QED) is 0.744. The van der Waals surface area contributed by atoms with E-state index in [9.17, 15) is 0 Å². The van der Waals surface area contributed by atoms with Gasteiger partial charge in [0.05, 0.1) is 16.7 Å². The van der Waals surface area contributed by atoms with Gasteiger partial charge in [-0.2, -0.15) is 5.10 Å². The minimum atomic E-state index is 0.277. The van der Waals surface area contributed by atoms with E-state index in [0.29, 0.717) is 0 Å². The predicted octanol–water partition coefficient (Wildman–Crippen LogP) is 3.25. The number of rotatable bonds is 3. The van der Waals surface area contributed by atoms with Crippen LogP contribution in [0, 0.1) is 6.92 Å². The fraction of sp³-hybridized carbons (Fsp3) is 0.294. The van der Waals surface area contributed by atoms with Crippen LogP contribution < -0.4 is 0 Å². The van der Waals surface area contributed by atoms with E-state index in [1.54, 1.807) is 11.3 Å². The molecule has 0 amide bonds. The normalized spacial score (nSPS) is 18.3. The van der Waals surface area contributed by atoms with Crippen LogP contribution in [0.3, 0.4) is 0 Å². The summed E-state index contributed by atoms with van der Waals surface area (Å²) in [6.07, 6.45) is 3.91. The van der Waals surface area contributed by atoms with Crippen LogP contribution in [0.15, 0.2) is 48.1 Å². The second-order valence-corrected chi connectivity index (χ2v) is 6.79. The Bertz CT molecular complexity index is 763. The third-order valence-corrected chi connectivity index (χ3v) is 4.96. The molecule has 112 valence electrons. The summed E-state index contributed by atoms with van der Waals surface area (Å²) < 4.78 is 2.07. The summed E-state index contributed by atoms with van der Waals surface area (Å²) in [6, 6.07) is 11.0. The van der Waals surface area contributed by atoms with Crippen LogP contribution in [0.5, 0.6) is 0 Å². The van der Waals surface area contributed by atoms with E-state index in [4.69, 9.17) is 0 Å². The Hall–Kier alpha value is -1.98. The van der Waals surface area contributed by atoms with Crippen molar-refractivity contribution >= 4 is 11.3 Å². The lowest BCUT2D eigenvalue weighted by molar-refractivity contribution is 0.202. The summed E-state index contributed by atoms with van der Waals surface area (Å²) in [5.74, 6) is 0. The average molecular weight is 310 g/mol. The maximum absolute atomic E-state index is 4.60. The monoisotopic (exact) mass is 310 g/mol. The van der Waals surface area contributed by atoms with Crippen LogP contribution in [-0.2, 0) is 13.1 Å². The topological polar surface area (TPSA) is 34.0 Å². The molecule has 22 heavy (non-hydrogen) atoms. The van der Waals surface area contributed by atoms with E-state index in [1.165, 1.54) is 16.8 Å². The zero-order chi connectivity index (χ0) is 14.9. The predicted molar refractivity (Wildman–Crippen MR) is 87.8 cm³/mol. The molecule has 0 N–H and O–H groups in total. The van der Waals surface area contributed by atoms with Crippen LogP contribution in [0.2, 0.25) is 0 Å². The Morgan fingerprint density at radius 1 is 1.27 bits per heavy atom. The standard InChI is InChI=1S/C17H18N4S/c1-13-19-15(12-22-13)10-20-9-14-5-2-3-6-16(14)17(11-20)21-8-4-7-18-21/h2-8,12,17H,9-11H2,1H3/t17-/m1/s1. The first kappa shape index (κ1) is 13.7. The highest BCUT2D eigenvalue weighted by atomic mass is 32.1. The molecular formula is C17H18N4S. The molecule has 5 heteroatoms. The molecule has 1 aliphatic rings. The van der Waals surface area contributed by atoms with E-state index < -0.39 is 0 Å². The van der Waals surface area contributed by atoms with E-state index >= 15 is 0 Å². The first-order valence-corrected chi connectivity index (χ1v) is 8.38. The highest BCUT2D eigenvalue weighted by molar-refractivity contribution is 7.09. The minimum Gasteiger partial charge on any atom is -0.291 e. The smallest absolute Gasteiger partial charge is 0.0898 e. The summed E-state index contributed by atoms with van der Waals surface area (Å²) in [4.78, 5) is 7.06. The SMILES string of the molecule is Cc1nc(CN2Cc3ccccc3[C@H](n3cccn3)C2)cs1. The number of thiazole rings is 1.